The molecule has 2 aliphatic carbocycles. The van der Waals surface area contributed by atoms with Gasteiger partial charge in [0.15, 0.2) is 11.4 Å². The number of carbonyl (C=O) groups is 1. The molecule has 0 aromatic rings. The Labute approximate surface area is 383 Å². The fourth-order valence-corrected chi connectivity index (χ4v) is 12.0. The van der Waals surface area contributed by atoms with E-state index in [2.05, 4.69) is 48.5 Å². The molecule has 5 aliphatic rings. The van der Waals surface area contributed by atoms with E-state index in [4.69, 9.17) is 14.2 Å². The molecule has 1 spiro atoms. The Morgan fingerprint density at radius 1 is 0.484 bits per heavy atom. The Kier molecular flexibility index (Phi) is 21.3. The standard InChI is InChI=1S/C58H98O4/c1-9-11-13-15-17-19-21-23-25-27-29-31-33-35-40-56(7)42-37-49-50-38-44-58(62-53(50)46(4)45(3)52(49)60-56)51-39-43-57(8,61-54(51)47(5)48(6)55(58)59)41-36-34-32-30-28-26-24-22-20-18-16-14-12-10-2/h50,53H,9-44H2,1-8H3. The molecule has 1 saturated heterocycles. The molecule has 3 aliphatic heterocycles. The van der Waals surface area contributed by atoms with E-state index in [0.29, 0.717) is 0 Å². The van der Waals surface area contributed by atoms with E-state index in [-0.39, 0.29) is 29.0 Å². The first-order valence-electron chi connectivity index (χ1n) is 27.4. The first kappa shape index (κ1) is 51.2. The largest absolute Gasteiger partial charge is 0.487 e. The monoisotopic (exact) mass is 859 g/mol. The molecular formula is C58H98O4. The van der Waals surface area contributed by atoms with E-state index in [9.17, 15) is 4.79 Å². The van der Waals surface area contributed by atoms with Crippen LogP contribution in [0.1, 0.15) is 287 Å². The van der Waals surface area contributed by atoms with Crippen LogP contribution in [0, 0.1) is 5.92 Å². The topological polar surface area (TPSA) is 44.8 Å². The third-order valence-electron chi connectivity index (χ3n) is 16.6. The number of ketones is 1. The number of fused-ring (bicyclic) bond motifs is 3. The van der Waals surface area contributed by atoms with Crippen molar-refractivity contribution < 1.29 is 19.0 Å². The Hall–Kier alpha value is -1.81. The minimum atomic E-state index is -0.909. The van der Waals surface area contributed by atoms with Gasteiger partial charge < -0.3 is 14.2 Å². The minimum absolute atomic E-state index is 0.0889. The van der Waals surface area contributed by atoms with Crippen molar-refractivity contribution in [1.29, 1.82) is 0 Å². The number of hydrogen-bond acceptors (Lipinski definition) is 4. The highest BCUT2D eigenvalue weighted by molar-refractivity contribution is 6.06. The van der Waals surface area contributed by atoms with E-state index in [0.717, 1.165) is 79.6 Å². The van der Waals surface area contributed by atoms with Crippen LogP contribution in [0.15, 0.2) is 45.0 Å². The van der Waals surface area contributed by atoms with Gasteiger partial charge in [-0.1, -0.05) is 181 Å². The van der Waals surface area contributed by atoms with Gasteiger partial charge >= 0.3 is 0 Å². The summed E-state index contributed by atoms with van der Waals surface area (Å²) in [6.45, 7) is 17.9. The molecule has 0 radical (unpaired) electrons. The molecule has 62 heavy (non-hydrogen) atoms. The number of rotatable bonds is 30. The van der Waals surface area contributed by atoms with Crippen LogP contribution in [0.3, 0.4) is 0 Å². The van der Waals surface area contributed by atoms with Crippen LogP contribution in [0.2, 0.25) is 0 Å². The fraction of sp³-hybridized carbons (Fsp3) is 0.845. The molecule has 4 heteroatoms. The molecule has 5 atom stereocenters. The van der Waals surface area contributed by atoms with Gasteiger partial charge in [0.1, 0.15) is 22.7 Å². The highest BCUT2D eigenvalue weighted by atomic mass is 16.5. The van der Waals surface area contributed by atoms with E-state index in [1.54, 1.807) is 0 Å². The maximum Gasteiger partial charge on any atom is 0.195 e. The molecule has 0 amide bonds. The zero-order valence-electron chi connectivity index (χ0n) is 42.2. The van der Waals surface area contributed by atoms with Crippen molar-refractivity contribution in [3.05, 3.63) is 45.0 Å². The summed E-state index contributed by atoms with van der Waals surface area (Å²) in [6, 6.07) is 0. The Morgan fingerprint density at radius 2 is 0.887 bits per heavy atom. The Bertz CT molecular complexity index is 1530. The summed E-state index contributed by atoms with van der Waals surface area (Å²) in [5.41, 5.74) is 5.75. The van der Waals surface area contributed by atoms with Crippen molar-refractivity contribution in [3.63, 3.8) is 0 Å². The quantitative estimate of drug-likeness (QED) is 0.0675. The van der Waals surface area contributed by atoms with Gasteiger partial charge in [0.25, 0.3) is 0 Å². The zero-order valence-corrected chi connectivity index (χ0v) is 42.2. The van der Waals surface area contributed by atoms with Crippen LogP contribution < -0.4 is 0 Å². The van der Waals surface area contributed by atoms with E-state index in [1.165, 1.54) is 197 Å². The summed E-state index contributed by atoms with van der Waals surface area (Å²) in [5, 5.41) is 0. The smallest absolute Gasteiger partial charge is 0.195 e. The van der Waals surface area contributed by atoms with Crippen LogP contribution in [0.5, 0.6) is 0 Å². The molecule has 0 saturated carbocycles. The van der Waals surface area contributed by atoms with E-state index in [1.807, 2.05) is 6.92 Å². The molecule has 5 unspecified atom stereocenters. The van der Waals surface area contributed by atoms with Crippen LogP contribution >= 0.6 is 0 Å². The van der Waals surface area contributed by atoms with Crippen molar-refractivity contribution in [2.75, 3.05) is 0 Å². The molecule has 0 aromatic carbocycles. The SMILES string of the molecule is CCCCCCCCCCCCCCCCC1(C)CCC2=C(O1)C(C)=C(C)C1OC3(CCC21)C(=O)C(C)=C(C)C1=C3CCC(C)(CCCCCCCCCCCCCCCC)O1. The lowest BCUT2D eigenvalue weighted by molar-refractivity contribution is -0.159. The van der Waals surface area contributed by atoms with Crippen LogP contribution in [0.25, 0.3) is 0 Å². The summed E-state index contributed by atoms with van der Waals surface area (Å²) >= 11 is 0. The predicted octanol–water partition coefficient (Wildman–Crippen LogP) is 18.2. The number of carbonyl (C=O) groups excluding carboxylic acids is 1. The lowest BCUT2D eigenvalue weighted by Gasteiger charge is -2.53. The number of unbranched alkanes of at least 4 members (excludes halogenated alkanes) is 26. The van der Waals surface area contributed by atoms with Crippen molar-refractivity contribution >= 4 is 5.78 Å². The summed E-state index contributed by atoms with van der Waals surface area (Å²) in [4.78, 5) is 14.5. The summed E-state index contributed by atoms with van der Waals surface area (Å²) < 4.78 is 21.5. The molecule has 354 valence electrons. The first-order chi connectivity index (χ1) is 30.0. The van der Waals surface area contributed by atoms with Gasteiger partial charge in [-0.05, 0) is 128 Å². The first-order valence-corrected chi connectivity index (χ1v) is 27.4. The second-order valence-electron chi connectivity index (χ2n) is 21.9. The third kappa shape index (κ3) is 13.9. The highest BCUT2D eigenvalue weighted by Gasteiger charge is 2.57. The van der Waals surface area contributed by atoms with Gasteiger partial charge in [-0.15, -0.1) is 0 Å². The second kappa shape index (κ2) is 25.8. The lowest BCUT2D eigenvalue weighted by atomic mass is 9.65. The van der Waals surface area contributed by atoms with Crippen molar-refractivity contribution in [1.82, 2.24) is 0 Å². The maximum atomic E-state index is 14.5. The van der Waals surface area contributed by atoms with Gasteiger partial charge in [-0.3, -0.25) is 4.79 Å². The van der Waals surface area contributed by atoms with Crippen molar-refractivity contribution in [2.24, 2.45) is 5.92 Å². The molecule has 1 fully saturated rings. The summed E-state index contributed by atoms with van der Waals surface area (Å²) in [5.74, 6) is 2.60. The average Bonchev–Trinajstić information content (AvgIpc) is 3.27. The van der Waals surface area contributed by atoms with Gasteiger partial charge in [-0.25, -0.2) is 0 Å². The number of Topliss-reactive ketones (excluding diaryl/α,β-unsaturated/α-hetero) is 1. The fourth-order valence-electron chi connectivity index (χ4n) is 12.0. The number of ether oxygens (including phenoxy) is 3. The minimum Gasteiger partial charge on any atom is -0.487 e. The molecular weight excluding hydrogens is 761 g/mol. The lowest BCUT2D eigenvalue weighted by Crippen LogP contribution is -2.56. The normalized spacial score (nSPS) is 27.5. The van der Waals surface area contributed by atoms with Gasteiger partial charge in [0.2, 0.25) is 0 Å². The molecule has 4 nitrogen and oxygen atoms in total. The Morgan fingerprint density at radius 3 is 1.34 bits per heavy atom. The van der Waals surface area contributed by atoms with Crippen molar-refractivity contribution in [3.8, 4) is 0 Å². The maximum absolute atomic E-state index is 14.5. The highest BCUT2D eigenvalue weighted by Crippen LogP contribution is 2.56. The molecule has 3 heterocycles. The van der Waals surface area contributed by atoms with E-state index >= 15 is 0 Å². The second-order valence-corrected chi connectivity index (χ2v) is 21.9. The summed E-state index contributed by atoms with van der Waals surface area (Å²) in [7, 11) is 0. The van der Waals surface area contributed by atoms with E-state index < -0.39 is 5.60 Å². The van der Waals surface area contributed by atoms with Crippen LogP contribution in [-0.4, -0.2) is 28.7 Å². The predicted molar refractivity (Wildman–Crippen MR) is 263 cm³/mol. The molecule has 5 rings (SSSR count). The zero-order chi connectivity index (χ0) is 44.4. The average molecular weight is 859 g/mol. The number of allylic oxidation sites excluding steroid dienone is 2. The van der Waals surface area contributed by atoms with Gasteiger partial charge in [0.05, 0.1) is 6.10 Å². The van der Waals surface area contributed by atoms with Crippen molar-refractivity contribution in [2.45, 2.75) is 309 Å². The Balaban J connectivity index is 1.07. The van der Waals surface area contributed by atoms with Gasteiger partial charge in [-0.2, -0.15) is 0 Å². The van der Waals surface area contributed by atoms with Crippen LogP contribution in [0.4, 0.5) is 0 Å². The third-order valence-corrected chi connectivity index (χ3v) is 16.6. The van der Waals surface area contributed by atoms with Crippen LogP contribution in [-0.2, 0) is 19.0 Å². The molecule has 0 N–H and O–H groups in total. The van der Waals surface area contributed by atoms with Gasteiger partial charge in [0, 0.05) is 17.1 Å². The summed E-state index contributed by atoms with van der Waals surface area (Å²) in [6.07, 6.45) is 46.6. The number of hydrogen-bond donors (Lipinski definition) is 0. The molecule has 0 bridgehead atoms. The molecule has 0 aromatic heterocycles.